The minimum atomic E-state index is -0.600. The zero-order valence-corrected chi connectivity index (χ0v) is 13.1. The molecule has 122 valence electrons. The number of aromatic nitrogens is 1. The lowest BCUT2D eigenvalue weighted by atomic mass is 10.0. The fourth-order valence-corrected chi connectivity index (χ4v) is 2.56. The molecule has 0 amide bonds. The molecule has 1 aromatic heterocycles. The van der Waals surface area contributed by atoms with Crippen LogP contribution in [0.15, 0.2) is 58.4 Å². The number of nitrogens with one attached hydrogen (secondary N) is 2. The van der Waals surface area contributed by atoms with Gasteiger partial charge in [-0.15, -0.1) is 0 Å². The molecule has 0 radical (unpaired) electrons. The molecular formula is C18H17N3O3. The Kier molecular flexibility index (Phi) is 4.29. The van der Waals surface area contributed by atoms with E-state index < -0.39 is 10.9 Å². The van der Waals surface area contributed by atoms with Crippen molar-refractivity contribution in [2.24, 2.45) is 0 Å². The van der Waals surface area contributed by atoms with Crippen LogP contribution in [0.2, 0.25) is 0 Å². The Labute approximate surface area is 138 Å². The molecule has 3 aromatic rings. The van der Waals surface area contributed by atoms with E-state index in [1.165, 1.54) is 18.5 Å². The van der Waals surface area contributed by atoms with Crippen molar-refractivity contribution in [1.82, 2.24) is 4.98 Å². The first-order chi connectivity index (χ1) is 11.6. The van der Waals surface area contributed by atoms with Crippen molar-refractivity contribution in [3.8, 4) is 5.75 Å². The maximum Gasteiger partial charge on any atom is 0.253 e. The molecular weight excluding hydrogens is 306 g/mol. The standard InChI is InChI=1S/C18H17N3O3/c1-2-12(11-6-4-3-5-7-11)20-15-16(18(24)17(15)23)21-13-8-9-19-10-14(13)22/h3-10,12,20,22H,2H2,1H3,(H,19,21)/t12-/m1/s1. The Morgan fingerprint density at radius 1 is 1.08 bits per heavy atom. The van der Waals surface area contributed by atoms with E-state index in [4.69, 9.17) is 0 Å². The lowest BCUT2D eigenvalue weighted by molar-refractivity contribution is 0.475. The lowest BCUT2D eigenvalue weighted by Crippen LogP contribution is -2.37. The smallest absolute Gasteiger partial charge is 0.253 e. The second kappa shape index (κ2) is 6.54. The van der Waals surface area contributed by atoms with E-state index in [1.807, 2.05) is 37.3 Å². The number of aromatic hydroxyl groups is 1. The summed E-state index contributed by atoms with van der Waals surface area (Å²) in [6.07, 6.45) is 3.50. The molecule has 0 fully saturated rings. The first-order valence-electron chi connectivity index (χ1n) is 7.66. The number of pyridine rings is 1. The molecule has 1 heterocycles. The van der Waals surface area contributed by atoms with Crippen molar-refractivity contribution < 1.29 is 5.11 Å². The molecule has 2 aromatic carbocycles. The van der Waals surface area contributed by atoms with Gasteiger partial charge < -0.3 is 15.7 Å². The molecule has 3 rings (SSSR count). The van der Waals surface area contributed by atoms with Crippen LogP contribution in [-0.2, 0) is 0 Å². The summed E-state index contributed by atoms with van der Waals surface area (Å²) in [7, 11) is 0. The zero-order chi connectivity index (χ0) is 17.1. The maximum absolute atomic E-state index is 11.9. The van der Waals surface area contributed by atoms with Crippen molar-refractivity contribution in [1.29, 1.82) is 0 Å². The number of hydrogen-bond acceptors (Lipinski definition) is 6. The average Bonchev–Trinajstić information content (AvgIpc) is 2.63. The summed E-state index contributed by atoms with van der Waals surface area (Å²) in [6.45, 7) is 2.00. The number of benzene rings is 1. The van der Waals surface area contributed by atoms with Crippen LogP contribution in [0.5, 0.6) is 5.75 Å². The fraction of sp³-hybridized carbons (Fsp3) is 0.167. The third-order valence-electron chi connectivity index (χ3n) is 3.90. The summed E-state index contributed by atoms with van der Waals surface area (Å²) in [5.74, 6) is -0.0911. The SMILES string of the molecule is CC[C@@H](Nc1c(Nc2ccncc2O)c(=O)c1=O)c1ccccc1. The molecule has 0 aliphatic heterocycles. The predicted octanol–water partition coefficient (Wildman–Crippen LogP) is 2.69. The Morgan fingerprint density at radius 2 is 1.79 bits per heavy atom. The van der Waals surface area contributed by atoms with E-state index in [-0.39, 0.29) is 23.2 Å². The van der Waals surface area contributed by atoms with E-state index in [0.717, 1.165) is 12.0 Å². The highest BCUT2D eigenvalue weighted by molar-refractivity contribution is 5.80. The van der Waals surface area contributed by atoms with Crippen molar-refractivity contribution >= 4 is 17.1 Å². The summed E-state index contributed by atoms with van der Waals surface area (Å²) in [6, 6.07) is 11.2. The van der Waals surface area contributed by atoms with Crippen LogP contribution in [0.3, 0.4) is 0 Å². The highest BCUT2D eigenvalue weighted by atomic mass is 16.3. The van der Waals surface area contributed by atoms with Gasteiger partial charge in [0.2, 0.25) is 0 Å². The van der Waals surface area contributed by atoms with Gasteiger partial charge in [0, 0.05) is 6.20 Å². The van der Waals surface area contributed by atoms with Crippen molar-refractivity contribution in [3.63, 3.8) is 0 Å². The third-order valence-corrected chi connectivity index (χ3v) is 3.90. The Morgan fingerprint density at radius 3 is 2.46 bits per heavy atom. The first-order valence-corrected chi connectivity index (χ1v) is 7.66. The Balaban J connectivity index is 1.87. The van der Waals surface area contributed by atoms with Gasteiger partial charge >= 0.3 is 0 Å². The minimum Gasteiger partial charge on any atom is -0.504 e. The van der Waals surface area contributed by atoms with Crippen LogP contribution in [-0.4, -0.2) is 10.1 Å². The van der Waals surface area contributed by atoms with Crippen LogP contribution in [0.4, 0.5) is 17.1 Å². The molecule has 0 aliphatic rings. The van der Waals surface area contributed by atoms with E-state index in [2.05, 4.69) is 15.6 Å². The van der Waals surface area contributed by atoms with Gasteiger partial charge in [-0.1, -0.05) is 37.3 Å². The van der Waals surface area contributed by atoms with Gasteiger partial charge in [-0.2, -0.15) is 0 Å². The number of rotatable bonds is 6. The maximum atomic E-state index is 11.9. The van der Waals surface area contributed by atoms with E-state index in [9.17, 15) is 14.7 Å². The van der Waals surface area contributed by atoms with Gasteiger partial charge in [0.25, 0.3) is 10.9 Å². The molecule has 6 nitrogen and oxygen atoms in total. The topological polar surface area (TPSA) is 91.3 Å². The molecule has 0 saturated heterocycles. The Bertz CT molecular complexity index is 915. The highest BCUT2D eigenvalue weighted by Gasteiger charge is 2.24. The number of anilines is 3. The molecule has 1 atom stereocenters. The molecule has 0 bridgehead atoms. The van der Waals surface area contributed by atoms with Crippen molar-refractivity contribution in [2.75, 3.05) is 10.6 Å². The second-order valence-electron chi connectivity index (χ2n) is 5.44. The van der Waals surface area contributed by atoms with Crippen molar-refractivity contribution in [3.05, 3.63) is 74.8 Å². The summed E-state index contributed by atoms with van der Waals surface area (Å²) < 4.78 is 0. The molecule has 6 heteroatoms. The largest absolute Gasteiger partial charge is 0.504 e. The van der Waals surface area contributed by atoms with E-state index in [0.29, 0.717) is 5.69 Å². The monoisotopic (exact) mass is 323 g/mol. The van der Waals surface area contributed by atoms with Gasteiger partial charge in [-0.3, -0.25) is 14.6 Å². The molecule has 24 heavy (non-hydrogen) atoms. The second-order valence-corrected chi connectivity index (χ2v) is 5.44. The average molecular weight is 323 g/mol. The zero-order valence-electron chi connectivity index (χ0n) is 13.1. The van der Waals surface area contributed by atoms with Gasteiger partial charge in [0.05, 0.1) is 17.9 Å². The molecule has 0 aliphatic carbocycles. The quantitative estimate of drug-likeness (QED) is 0.604. The molecule has 3 N–H and O–H groups in total. The van der Waals surface area contributed by atoms with Crippen LogP contribution in [0.25, 0.3) is 0 Å². The summed E-state index contributed by atoms with van der Waals surface area (Å²) in [4.78, 5) is 27.6. The molecule has 0 spiro atoms. The normalized spacial score (nSPS) is 12.0. The van der Waals surface area contributed by atoms with Gasteiger partial charge in [0.1, 0.15) is 11.4 Å². The summed E-state index contributed by atoms with van der Waals surface area (Å²) in [5, 5.41) is 15.7. The molecule has 0 unspecified atom stereocenters. The molecule has 0 saturated carbocycles. The van der Waals surface area contributed by atoms with Crippen molar-refractivity contribution in [2.45, 2.75) is 19.4 Å². The predicted molar refractivity (Wildman–Crippen MR) is 93.6 cm³/mol. The van der Waals surface area contributed by atoms with Gasteiger partial charge in [0.15, 0.2) is 5.75 Å². The minimum absolute atomic E-state index is 0.0823. The van der Waals surface area contributed by atoms with Crippen LogP contribution < -0.4 is 21.5 Å². The van der Waals surface area contributed by atoms with Crippen LogP contribution >= 0.6 is 0 Å². The number of hydrogen-bond donors (Lipinski definition) is 3. The summed E-state index contributed by atoms with van der Waals surface area (Å²) in [5.41, 5.74) is 0.610. The van der Waals surface area contributed by atoms with Gasteiger partial charge in [-0.25, -0.2) is 0 Å². The number of nitrogens with zero attached hydrogens (tertiary/aromatic N) is 1. The first kappa shape index (κ1) is 15.7. The van der Waals surface area contributed by atoms with E-state index >= 15 is 0 Å². The highest BCUT2D eigenvalue weighted by Crippen LogP contribution is 2.29. The fourth-order valence-electron chi connectivity index (χ4n) is 2.56. The third kappa shape index (κ3) is 2.86. The Hall–Kier alpha value is -3.15. The van der Waals surface area contributed by atoms with E-state index in [1.54, 1.807) is 0 Å². The lowest BCUT2D eigenvalue weighted by Gasteiger charge is -2.22. The van der Waals surface area contributed by atoms with Gasteiger partial charge in [-0.05, 0) is 18.1 Å². The van der Waals surface area contributed by atoms with Crippen LogP contribution in [0.1, 0.15) is 24.9 Å². The summed E-state index contributed by atoms with van der Waals surface area (Å²) >= 11 is 0. The van der Waals surface area contributed by atoms with Crippen LogP contribution in [0, 0.1) is 0 Å².